The van der Waals surface area contributed by atoms with Crippen molar-refractivity contribution in [3.8, 4) is 5.75 Å². The normalized spacial score (nSPS) is 19.3. The topological polar surface area (TPSA) is 129 Å². The molecule has 1 fully saturated rings. The van der Waals surface area contributed by atoms with Crippen molar-refractivity contribution in [1.82, 2.24) is 16.3 Å². The van der Waals surface area contributed by atoms with Crippen molar-refractivity contribution in [3.63, 3.8) is 0 Å². The molecule has 0 aromatic heterocycles. The Morgan fingerprint density at radius 3 is 2.93 bits per heavy atom. The van der Waals surface area contributed by atoms with Gasteiger partial charge in [-0.15, -0.1) is 0 Å². The molecular formula is C17H16BrN5O4. The summed E-state index contributed by atoms with van der Waals surface area (Å²) in [6, 6.07) is 10.3. The molecule has 10 heteroatoms. The van der Waals surface area contributed by atoms with Crippen molar-refractivity contribution in [2.45, 2.75) is 18.5 Å². The van der Waals surface area contributed by atoms with Crippen LogP contribution in [0.5, 0.6) is 5.75 Å². The average molecular weight is 434 g/mol. The molecule has 2 aromatic rings. The van der Waals surface area contributed by atoms with Crippen LogP contribution in [0.4, 0.5) is 5.69 Å². The standard InChI is InChI=1S/C17H16BrN5O4/c18-12-4-5-16(24)11(6-12)9-19-22-17(25)15-8-14(20-21-15)10-2-1-3-13(7-10)23(26)27/h1-7,9,14-15,20-21,24H,8H2,(H,22,25)/b19-9+. The number of rotatable bonds is 5. The molecule has 1 aliphatic rings. The number of benzene rings is 2. The number of phenols is 1. The number of halogens is 1. The van der Waals surface area contributed by atoms with Gasteiger partial charge in [0.2, 0.25) is 0 Å². The molecule has 2 atom stereocenters. The van der Waals surface area contributed by atoms with Gasteiger partial charge in [0.15, 0.2) is 0 Å². The molecule has 3 rings (SSSR count). The largest absolute Gasteiger partial charge is 0.507 e. The smallest absolute Gasteiger partial charge is 0.269 e. The fourth-order valence-corrected chi connectivity index (χ4v) is 3.05. The van der Waals surface area contributed by atoms with Crippen LogP contribution < -0.4 is 16.3 Å². The highest BCUT2D eigenvalue weighted by atomic mass is 79.9. The molecule has 0 bridgehead atoms. The highest BCUT2D eigenvalue weighted by Gasteiger charge is 2.30. The zero-order valence-corrected chi connectivity index (χ0v) is 15.5. The molecule has 0 aliphatic carbocycles. The number of hydrazine groups is 1. The number of aromatic hydroxyl groups is 1. The lowest BCUT2D eigenvalue weighted by atomic mass is 10.0. The summed E-state index contributed by atoms with van der Waals surface area (Å²) in [4.78, 5) is 22.7. The Balaban J connectivity index is 1.59. The molecule has 9 nitrogen and oxygen atoms in total. The van der Waals surface area contributed by atoms with Crippen LogP contribution in [-0.2, 0) is 4.79 Å². The van der Waals surface area contributed by atoms with Crippen molar-refractivity contribution >= 4 is 33.7 Å². The van der Waals surface area contributed by atoms with Crippen LogP contribution >= 0.6 is 15.9 Å². The van der Waals surface area contributed by atoms with E-state index in [1.54, 1.807) is 24.3 Å². The lowest BCUT2D eigenvalue weighted by Crippen LogP contribution is -2.41. The summed E-state index contributed by atoms with van der Waals surface area (Å²) in [5.41, 5.74) is 9.41. The second kappa shape index (κ2) is 8.25. The van der Waals surface area contributed by atoms with Gasteiger partial charge >= 0.3 is 0 Å². The molecule has 0 radical (unpaired) electrons. The maximum Gasteiger partial charge on any atom is 0.269 e. The summed E-state index contributed by atoms with van der Waals surface area (Å²) in [5, 5.41) is 24.5. The first-order valence-electron chi connectivity index (χ1n) is 8.01. The third-order valence-corrected chi connectivity index (χ3v) is 4.56. The van der Waals surface area contributed by atoms with Gasteiger partial charge in [-0.2, -0.15) is 5.10 Å². The number of nitrogens with one attached hydrogen (secondary N) is 3. The van der Waals surface area contributed by atoms with E-state index in [1.807, 2.05) is 0 Å². The van der Waals surface area contributed by atoms with Gasteiger partial charge in [-0.05, 0) is 30.2 Å². The van der Waals surface area contributed by atoms with E-state index in [0.717, 1.165) is 10.0 Å². The van der Waals surface area contributed by atoms with Gasteiger partial charge in [0.1, 0.15) is 11.8 Å². The lowest BCUT2D eigenvalue weighted by Gasteiger charge is -2.09. The maximum absolute atomic E-state index is 12.2. The van der Waals surface area contributed by atoms with Crippen LogP contribution in [0.25, 0.3) is 0 Å². The number of nitro groups is 1. The molecule has 0 saturated carbocycles. The fourth-order valence-electron chi connectivity index (χ4n) is 2.67. The zero-order valence-electron chi connectivity index (χ0n) is 13.9. The van der Waals surface area contributed by atoms with Crippen molar-refractivity contribution in [3.05, 3.63) is 68.2 Å². The molecule has 140 valence electrons. The number of nitro benzene ring substituents is 1. The molecule has 27 heavy (non-hydrogen) atoms. The summed E-state index contributed by atoms with van der Waals surface area (Å²) in [5.74, 6) is -0.316. The lowest BCUT2D eigenvalue weighted by molar-refractivity contribution is -0.384. The number of hydrogen-bond donors (Lipinski definition) is 4. The fraction of sp³-hybridized carbons (Fsp3) is 0.176. The van der Waals surface area contributed by atoms with E-state index in [1.165, 1.54) is 24.4 Å². The second-order valence-corrected chi connectivity index (χ2v) is 6.83. The van der Waals surface area contributed by atoms with Gasteiger partial charge in [0.05, 0.1) is 11.1 Å². The number of hydrogen-bond acceptors (Lipinski definition) is 7. The Morgan fingerprint density at radius 2 is 2.15 bits per heavy atom. The third kappa shape index (κ3) is 4.67. The Labute approximate surface area is 162 Å². The maximum atomic E-state index is 12.2. The third-order valence-electron chi connectivity index (χ3n) is 4.07. The van der Waals surface area contributed by atoms with Crippen LogP contribution in [0, 0.1) is 10.1 Å². The first-order valence-corrected chi connectivity index (χ1v) is 8.80. The quantitative estimate of drug-likeness (QED) is 0.324. The van der Waals surface area contributed by atoms with Crippen molar-refractivity contribution in [2.24, 2.45) is 5.10 Å². The SMILES string of the molecule is O=C(N/N=C/c1cc(Br)ccc1O)C1CC(c2cccc([N+](=O)[O-])c2)NN1. The zero-order chi connectivity index (χ0) is 19.4. The molecule has 1 saturated heterocycles. The Bertz CT molecular complexity index is 905. The van der Waals surface area contributed by atoms with E-state index in [0.29, 0.717) is 12.0 Å². The van der Waals surface area contributed by atoms with Gasteiger partial charge in [-0.1, -0.05) is 28.1 Å². The average Bonchev–Trinajstić information content (AvgIpc) is 3.15. The van der Waals surface area contributed by atoms with Crippen LogP contribution in [-0.4, -0.2) is 28.2 Å². The number of amides is 1. The van der Waals surface area contributed by atoms with Crippen LogP contribution in [0.1, 0.15) is 23.6 Å². The Kier molecular flexibility index (Phi) is 5.79. The van der Waals surface area contributed by atoms with Gasteiger partial charge in [0.25, 0.3) is 11.6 Å². The number of non-ortho nitro benzene ring substituents is 1. The summed E-state index contributed by atoms with van der Waals surface area (Å²) >= 11 is 3.29. The van der Waals surface area contributed by atoms with Crippen molar-refractivity contribution in [2.75, 3.05) is 0 Å². The summed E-state index contributed by atoms with van der Waals surface area (Å²) < 4.78 is 0.773. The van der Waals surface area contributed by atoms with Gasteiger partial charge in [-0.3, -0.25) is 14.9 Å². The van der Waals surface area contributed by atoms with Crippen LogP contribution in [0.15, 0.2) is 52.0 Å². The molecule has 4 N–H and O–H groups in total. The van der Waals surface area contributed by atoms with E-state index in [4.69, 9.17) is 0 Å². The van der Waals surface area contributed by atoms with Crippen LogP contribution in [0.3, 0.4) is 0 Å². The number of carbonyl (C=O) groups is 1. The monoisotopic (exact) mass is 433 g/mol. The van der Waals surface area contributed by atoms with E-state index >= 15 is 0 Å². The summed E-state index contributed by atoms with van der Waals surface area (Å²) in [6.07, 6.45) is 1.75. The minimum atomic E-state index is -0.553. The van der Waals surface area contributed by atoms with Crippen molar-refractivity contribution < 1.29 is 14.8 Å². The van der Waals surface area contributed by atoms with Gasteiger partial charge < -0.3 is 5.11 Å². The molecule has 2 aromatic carbocycles. The van der Waals surface area contributed by atoms with E-state index in [-0.39, 0.29) is 23.4 Å². The molecule has 2 unspecified atom stereocenters. The first-order chi connectivity index (χ1) is 12.9. The number of phenolic OH excluding ortho intramolecular Hbond substituents is 1. The van der Waals surface area contributed by atoms with E-state index in [9.17, 15) is 20.0 Å². The summed E-state index contributed by atoms with van der Waals surface area (Å²) in [6.45, 7) is 0. The number of hydrazone groups is 1. The molecule has 1 aliphatic heterocycles. The Morgan fingerprint density at radius 1 is 1.33 bits per heavy atom. The molecule has 1 heterocycles. The van der Waals surface area contributed by atoms with Gasteiger partial charge in [0, 0.05) is 28.2 Å². The van der Waals surface area contributed by atoms with Gasteiger partial charge in [-0.25, -0.2) is 16.3 Å². The minimum Gasteiger partial charge on any atom is -0.507 e. The highest BCUT2D eigenvalue weighted by Crippen LogP contribution is 2.25. The van der Waals surface area contributed by atoms with E-state index < -0.39 is 11.0 Å². The number of carbonyl (C=O) groups excluding carboxylic acids is 1. The van der Waals surface area contributed by atoms with Crippen molar-refractivity contribution in [1.29, 1.82) is 0 Å². The van der Waals surface area contributed by atoms with Crippen LogP contribution in [0.2, 0.25) is 0 Å². The predicted octanol–water partition coefficient (Wildman–Crippen LogP) is 2.12. The van der Waals surface area contributed by atoms with E-state index in [2.05, 4.69) is 37.3 Å². The first kappa shape index (κ1) is 19.0. The second-order valence-electron chi connectivity index (χ2n) is 5.92. The molecule has 1 amide bonds. The molecular weight excluding hydrogens is 418 g/mol. The summed E-state index contributed by atoms with van der Waals surface area (Å²) in [7, 11) is 0. The molecule has 0 spiro atoms. The number of nitrogens with zero attached hydrogens (tertiary/aromatic N) is 2. The Hall–Kier alpha value is -2.82. The highest BCUT2D eigenvalue weighted by molar-refractivity contribution is 9.10. The minimum absolute atomic E-state index is 0.000584. The predicted molar refractivity (Wildman–Crippen MR) is 102 cm³/mol.